The fraction of sp³-hybridized carbons (Fsp3) is 0.167. The Morgan fingerprint density at radius 3 is 3.07 bits per heavy atom. The van der Waals surface area contributed by atoms with Crippen LogP contribution in [-0.2, 0) is 18.0 Å². The number of hydrogen-bond donors (Lipinski definition) is 0. The number of aromatic nitrogens is 1. The van der Waals surface area contributed by atoms with Crippen LogP contribution in [-0.4, -0.2) is 4.57 Å². The van der Waals surface area contributed by atoms with E-state index in [1.165, 1.54) is 5.69 Å². The molecule has 0 N–H and O–H groups in total. The lowest BCUT2D eigenvalue weighted by molar-refractivity contribution is 0.108. The number of rotatable bonds is 0. The molecule has 3 heteroatoms. The van der Waals surface area contributed by atoms with Crippen LogP contribution in [0.15, 0.2) is 36.5 Å². The predicted molar refractivity (Wildman–Crippen MR) is 59.3 cm³/mol. The molecule has 0 saturated carbocycles. The molecule has 1 aliphatic heterocycles. The van der Waals surface area contributed by atoms with Crippen molar-refractivity contribution in [2.75, 3.05) is 0 Å². The van der Waals surface area contributed by atoms with Crippen molar-refractivity contribution in [2.45, 2.75) is 13.2 Å². The Balaban J connectivity index is 2.25. The van der Waals surface area contributed by atoms with Gasteiger partial charge in [0, 0.05) is 22.5 Å². The van der Waals surface area contributed by atoms with Crippen molar-refractivity contribution in [2.24, 2.45) is 0 Å². The van der Waals surface area contributed by atoms with Crippen molar-refractivity contribution < 1.29 is 4.74 Å². The molecule has 0 aliphatic carbocycles. The van der Waals surface area contributed by atoms with Crippen LogP contribution >= 0.6 is 11.6 Å². The van der Waals surface area contributed by atoms with Crippen molar-refractivity contribution in [3.8, 4) is 5.69 Å². The number of halogens is 1. The van der Waals surface area contributed by atoms with Gasteiger partial charge in [0.05, 0.1) is 18.9 Å². The molecule has 0 saturated heterocycles. The van der Waals surface area contributed by atoms with Gasteiger partial charge in [-0.3, -0.25) is 0 Å². The van der Waals surface area contributed by atoms with Gasteiger partial charge in [-0.05, 0) is 30.3 Å². The molecule has 2 nitrogen and oxygen atoms in total. The maximum atomic E-state index is 5.97. The lowest BCUT2D eigenvalue weighted by atomic mass is 10.2. The van der Waals surface area contributed by atoms with E-state index in [9.17, 15) is 0 Å². The number of hydrogen-bond acceptors (Lipinski definition) is 1. The van der Waals surface area contributed by atoms with Gasteiger partial charge in [0.25, 0.3) is 0 Å². The Bertz CT molecular complexity index is 504. The first-order chi connectivity index (χ1) is 7.34. The maximum Gasteiger partial charge on any atom is 0.0875 e. The lowest BCUT2D eigenvalue weighted by Crippen LogP contribution is -1.97. The topological polar surface area (TPSA) is 14.2 Å². The summed E-state index contributed by atoms with van der Waals surface area (Å²) >= 11 is 5.97. The molecule has 3 rings (SSSR count). The van der Waals surface area contributed by atoms with E-state index in [-0.39, 0.29) is 0 Å². The molecule has 2 heterocycles. The van der Waals surface area contributed by atoms with Crippen LogP contribution in [0, 0.1) is 0 Å². The highest BCUT2D eigenvalue weighted by molar-refractivity contribution is 6.30. The van der Waals surface area contributed by atoms with E-state index in [0.29, 0.717) is 13.2 Å². The van der Waals surface area contributed by atoms with Crippen molar-refractivity contribution in [1.82, 2.24) is 4.57 Å². The predicted octanol–water partition coefficient (Wildman–Crippen LogP) is 3.16. The smallest absolute Gasteiger partial charge is 0.0875 e. The normalized spacial score (nSPS) is 14.2. The molecule has 0 radical (unpaired) electrons. The highest BCUT2D eigenvalue weighted by atomic mass is 35.5. The molecule has 2 aromatic rings. The second kappa shape index (κ2) is 3.40. The van der Waals surface area contributed by atoms with Gasteiger partial charge in [-0.25, -0.2) is 0 Å². The molecule has 76 valence electrons. The largest absolute Gasteiger partial charge is 0.370 e. The van der Waals surface area contributed by atoms with Gasteiger partial charge in [0.15, 0.2) is 0 Å². The van der Waals surface area contributed by atoms with Gasteiger partial charge in [-0.2, -0.15) is 0 Å². The summed E-state index contributed by atoms with van der Waals surface area (Å²) in [6, 6.07) is 10.0. The molecule has 0 atom stereocenters. The average molecular weight is 220 g/mol. The fourth-order valence-corrected chi connectivity index (χ4v) is 2.13. The number of ether oxygens (including phenoxy) is 1. The zero-order chi connectivity index (χ0) is 10.3. The molecule has 1 aromatic carbocycles. The van der Waals surface area contributed by atoms with Crippen LogP contribution in [0.5, 0.6) is 0 Å². The quantitative estimate of drug-likeness (QED) is 0.664. The molecule has 0 bridgehead atoms. The standard InChI is InChI=1S/C12H10ClNO/c13-10-3-4-12-9(6-10)7-15-8-11-2-1-5-14(11)12/h1-6H,7-8H2. The van der Waals surface area contributed by atoms with Crippen LogP contribution in [0.25, 0.3) is 5.69 Å². The summed E-state index contributed by atoms with van der Waals surface area (Å²) in [6.45, 7) is 1.27. The van der Waals surface area contributed by atoms with Crippen LogP contribution in [0.4, 0.5) is 0 Å². The van der Waals surface area contributed by atoms with E-state index in [2.05, 4.69) is 16.8 Å². The SMILES string of the molecule is Clc1ccc2c(c1)COCc1cccn1-2. The third-order valence-corrected chi connectivity index (χ3v) is 2.88. The molecule has 0 amide bonds. The molecule has 1 aliphatic rings. The van der Waals surface area contributed by atoms with Crippen molar-refractivity contribution >= 4 is 11.6 Å². The van der Waals surface area contributed by atoms with E-state index < -0.39 is 0 Å². The van der Waals surface area contributed by atoms with Gasteiger partial charge in [-0.15, -0.1) is 0 Å². The van der Waals surface area contributed by atoms with Gasteiger partial charge in [0.2, 0.25) is 0 Å². The zero-order valence-corrected chi connectivity index (χ0v) is 8.87. The number of benzene rings is 1. The summed E-state index contributed by atoms with van der Waals surface area (Å²) in [6.07, 6.45) is 2.05. The first-order valence-corrected chi connectivity index (χ1v) is 5.25. The minimum atomic E-state index is 0.623. The van der Waals surface area contributed by atoms with Gasteiger partial charge in [0.1, 0.15) is 0 Å². The van der Waals surface area contributed by atoms with Crippen LogP contribution in [0.3, 0.4) is 0 Å². The Labute approximate surface area is 93.0 Å². The molecular formula is C12H10ClNO. The molecule has 0 fully saturated rings. The summed E-state index contributed by atoms with van der Waals surface area (Å²) in [4.78, 5) is 0. The summed E-state index contributed by atoms with van der Waals surface area (Å²) in [5.41, 5.74) is 3.48. The maximum absolute atomic E-state index is 5.97. The Hall–Kier alpha value is -1.25. The summed E-state index contributed by atoms with van der Waals surface area (Å²) in [5.74, 6) is 0. The first-order valence-electron chi connectivity index (χ1n) is 4.87. The second-order valence-electron chi connectivity index (χ2n) is 3.64. The molecule has 1 aromatic heterocycles. The minimum absolute atomic E-state index is 0.623. The zero-order valence-electron chi connectivity index (χ0n) is 8.11. The van der Waals surface area contributed by atoms with Crippen LogP contribution in [0.1, 0.15) is 11.3 Å². The van der Waals surface area contributed by atoms with Crippen LogP contribution < -0.4 is 0 Å². The van der Waals surface area contributed by atoms with Gasteiger partial charge >= 0.3 is 0 Å². The minimum Gasteiger partial charge on any atom is -0.370 e. The monoisotopic (exact) mass is 219 g/mol. The highest BCUT2D eigenvalue weighted by Gasteiger charge is 2.13. The van der Waals surface area contributed by atoms with Crippen molar-refractivity contribution in [3.63, 3.8) is 0 Å². The van der Waals surface area contributed by atoms with E-state index in [4.69, 9.17) is 16.3 Å². The molecule has 0 unspecified atom stereocenters. The van der Waals surface area contributed by atoms with E-state index in [0.717, 1.165) is 16.3 Å². The Morgan fingerprint density at radius 1 is 1.20 bits per heavy atom. The van der Waals surface area contributed by atoms with Crippen molar-refractivity contribution in [1.29, 1.82) is 0 Å². The van der Waals surface area contributed by atoms with E-state index in [1.54, 1.807) is 0 Å². The average Bonchev–Trinajstić information content (AvgIpc) is 2.61. The number of nitrogens with zero attached hydrogens (tertiary/aromatic N) is 1. The summed E-state index contributed by atoms with van der Waals surface area (Å²) in [7, 11) is 0. The second-order valence-corrected chi connectivity index (χ2v) is 4.07. The molecular weight excluding hydrogens is 210 g/mol. The number of fused-ring (bicyclic) bond motifs is 3. The fourth-order valence-electron chi connectivity index (χ4n) is 1.94. The molecule has 15 heavy (non-hydrogen) atoms. The third kappa shape index (κ3) is 1.46. The lowest BCUT2D eigenvalue weighted by Gasteiger charge is -2.08. The Morgan fingerprint density at radius 2 is 2.13 bits per heavy atom. The highest BCUT2D eigenvalue weighted by Crippen LogP contribution is 2.25. The van der Waals surface area contributed by atoms with E-state index in [1.807, 2.05) is 24.3 Å². The third-order valence-electron chi connectivity index (χ3n) is 2.64. The van der Waals surface area contributed by atoms with Crippen LogP contribution in [0.2, 0.25) is 5.02 Å². The van der Waals surface area contributed by atoms with E-state index >= 15 is 0 Å². The van der Waals surface area contributed by atoms with Crippen molar-refractivity contribution in [3.05, 3.63) is 52.8 Å². The Kier molecular flexibility index (Phi) is 2.04. The van der Waals surface area contributed by atoms with Gasteiger partial charge in [-0.1, -0.05) is 11.6 Å². The van der Waals surface area contributed by atoms with Gasteiger partial charge < -0.3 is 9.30 Å². The summed E-state index contributed by atoms with van der Waals surface area (Å²) < 4.78 is 7.73. The summed E-state index contributed by atoms with van der Waals surface area (Å²) in [5, 5.41) is 0.757. The first kappa shape index (κ1) is 9.01. The molecule has 0 spiro atoms.